The van der Waals surface area contributed by atoms with E-state index < -0.39 is 0 Å². The third kappa shape index (κ3) is 20.8. The molecular formula is C16H30O. The van der Waals surface area contributed by atoms with Gasteiger partial charge in [-0.2, -0.15) is 0 Å². The predicted octanol–water partition coefficient (Wildman–Crippen LogP) is 6.02. The van der Waals surface area contributed by atoms with Gasteiger partial charge in [0.15, 0.2) is 0 Å². The van der Waals surface area contributed by atoms with Crippen LogP contribution in [0.5, 0.6) is 0 Å². The Hall–Kier alpha value is -1.24. The average Bonchev–Trinajstić information content (AvgIpc) is 2.38. The zero-order valence-electron chi connectivity index (χ0n) is 12.7. The van der Waals surface area contributed by atoms with Crippen LogP contribution in [-0.2, 0) is 4.74 Å². The van der Waals surface area contributed by atoms with Crippen LogP contribution in [0.15, 0.2) is 48.5 Å². The van der Waals surface area contributed by atoms with Crippen molar-refractivity contribution in [1.82, 2.24) is 0 Å². The van der Waals surface area contributed by atoms with Crippen molar-refractivity contribution in [3.63, 3.8) is 0 Å². The molecule has 0 spiro atoms. The van der Waals surface area contributed by atoms with E-state index in [4.69, 9.17) is 4.74 Å². The first-order chi connectivity index (χ1) is 8.20. The summed E-state index contributed by atoms with van der Waals surface area (Å²) in [5, 5.41) is 0. The Kier molecular flexibility index (Phi) is 25.1. The van der Waals surface area contributed by atoms with Crippen molar-refractivity contribution in [2.24, 2.45) is 0 Å². The van der Waals surface area contributed by atoms with Gasteiger partial charge in [-0.25, -0.2) is 0 Å². The van der Waals surface area contributed by atoms with Gasteiger partial charge >= 0.3 is 0 Å². The minimum Gasteiger partial charge on any atom is -0.466 e. The lowest BCUT2D eigenvalue weighted by molar-refractivity contribution is 0.366. The first-order valence-electron chi connectivity index (χ1n) is 6.52. The molecule has 0 radical (unpaired) electrons. The van der Waals surface area contributed by atoms with Crippen molar-refractivity contribution in [2.75, 3.05) is 0 Å². The van der Waals surface area contributed by atoms with Crippen molar-refractivity contribution in [2.45, 2.75) is 54.9 Å². The van der Waals surface area contributed by atoms with Crippen molar-refractivity contribution in [1.29, 1.82) is 0 Å². The minimum absolute atomic E-state index is 0.840. The van der Waals surface area contributed by atoms with E-state index in [0.29, 0.717) is 0 Å². The van der Waals surface area contributed by atoms with Crippen LogP contribution in [-0.4, -0.2) is 0 Å². The van der Waals surface area contributed by atoms with E-state index in [2.05, 4.69) is 13.5 Å². The molecule has 0 fully saturated rings. The van der Waals surface area contributed by atoms with E-state index in [1.807, 2.05) is 65.8 Å². The summed E-state index contributed by atoms with van der Waals surface area (Å²) < 4.78 is 5.33. The number of allylic oxidation sites excluding steroid dienone is 5. The molecule has 0 bridgehead atoms. The Morgan fingerprint density at radius 1 is 1.12 bits per heavy atom. The number of hydrogen-bond acceptors (Lipinski definition) is 1. The Bertz CT molecular complexity index is 232. The number of rotatable bonds is 5. The highest BCUT2D eigenvalue weighted by molar-refractivity contribution is 5.21. The molecule has 0 heterocycles. The third-order valence-corrected chi connectivity index (χ3v) is 1.35. The molecule has 0 atom stereocenters. The summed E-state index contributed by atoms with van der Waals surface area (Å²) in [7, 11) is 0. The third-order valence-electron chi connectivity index (χ3n) is 1.35. The lowest BCUT2D eigenvalue weighted by Gasteiger charge is -1.98. The van der Waals surface area contributed by atoms with Gasteiger partial charge in [0.25, 0.3) is 0 Å². The van der Waals surface area contributed by atoms with Gasteiger partial charge < -0.3 is 4.74 Å². The predicted molar refractivity (Wildman–Crippen MR) is 80.9 cm³/mol. The SMILES string of the molecule is C=C(C)/C=C\C(=C/C)O/C=C/CC.CC.CC. The molecule has 0 rings (SSSR count). The lowest BCUT2D eigenvalue weighted by Crippen LogP contribution is -1.79. The molecule has 0 aromatic carbocycles. The van der Waals surface area contributed by atoms with Gasteiger partial charge in [-0.05, 0) is 38.5 Å². The number of ether oxygens (including phenoxy) is 1. The molecule has 0 saturated heterocycles. The van der Waals surface area contributed by atoms with Gasteiger partial charge in [-0.15, -0.1) is 0 Å². The fraction of sp³-hybridized carbons (Fsp3) is 0.500. The van der Waals surface area contributed by atoms with Crippen molar-refractivity contribution >= 4 is 0 Å². The van der Waals surface area contributed by atoms with E-state index in [9.17, 15) is 0 Å². The van der Waals surface area contributed by atoms with Crippen LogP contribution in [0.25, 0.3) is 0 Å². The van der Waals surface area contributed by atoms with Gasteiger partial charge in [-0.3, -0.25) is 0 Å². The zero-order valence-corrected chi connectivity index (χ0v) is 12.7. The Morgan fingerprint density at radius 3 is 2.00 bits per heavy atom. The molecule has 0 unspecified atom stereocenters. The molecular weight excluding hydrogens is 208 g/mol. The molecule has 0 aromatic rings. The molecule has 0 aliphatic rings. The summed E-state index contributed by atoms with van der Waals surface area (Å²) in [5.41, 5.74) is 1.02. The second-order valence-corrected chi connectivity index (χ2v) is 2.77. The molecule has 1 nitrogen and oxygen atoms in total. The standard InChI is InChI=1S/C12H18O.2C2H6/c1-5-7-10-13-12(6-2)9-8-11(3)4;2*1-2/h6-10H,3,5H2,1-2,4H3;2*1-2H3/b9-8-,10-7+,12-6+;;. The molecule has 0 saturated carbocycles. The summed E-state index contributed by atoms with van der Waals surface area (Å²) in [6.07, 6.45) is 10.4. The van der Waals surface area contributed by atoms with Gasteiger partial charge in [0.05, 0.1) is 6.26 Å². The number of hydrogen-bond donors (Lipinski definition) is 0. The van der Waals surface area contributed by atoms with Gasteiger partial charge in [0.1, 0.15) is 5.76 Å². The van der Waals surface area contributed by atoms with Gasteiger partial charge in [-0.1, -0.05) is 52.8 Å². The van der Waals surface area contributed by atoms with E-state index in [0.717, 1.165) is 17.8 Å². The van der Waals surface area contributed by atoms with E-state index >= 15 is 0 Å². The summed E-state index contributed by atoms with van der Waals surface area (Å²) in [5.74, 6) is 0.840. The van der Waals surface area contributed by atoms with Crippen molar-refractivity contribution < 1.29 is 4.74 Å². The van der Waals surface area contributed by atoms with Crippen molar-refractivity contribution in [3.05, 3.63) is 48.5 Å². The summed E-state index contributed by atoms with van der Waals surface area (Å²) in [6.45, 7) is 17.7. The maximum Gasteiger partial charge on any atom is 0.122 e. The molecule has 100 valence electrons. The quantitative estimate of drug-likeness (QED) is 0.420. The fourth-order valence-electron chi connectivity index (χ4n) is 0.651. The molecule has 0 aromatic heterocycles. The summed E-state index contributed by atoms with van der Waals surface area (Å²) in [4.78, 5) is 0. The van der Waals surface area contributed by atoms with Crippen molar-refractivity contribution in [3.8, 4) is 0 Å². The van der Waals surface area contributed by atoms with Gasteiger partial charge in [0, 0.05) is 0 Å². The Morgan fingerprint density at radius 2 is 1.65 bits per heavy atom. The zero-order chi connectivity index (χ0) is 14.1. The highest BCUT2D eigenvalue weighted by Gasteiger charge is 1.86. The van der Waals surface area contributed by atoms with Crippen LogP contribution < -0.4 is 0 Å². The van der Waals surface area contributed by atoms with Crippen LogP contribution in [0.2, 0.25) is 0 Å². The fourth-order valence-corrected chi connectivity index (χ4v) is 0.651. The van der Waals surface area contributed by atoms with E-state index in [1.54, 1.807) is 6.26 Å². The van der Waals surface area contributed by atoms with Crippen LogP contribution in [0.1, 0.15) is 54.9 Å². The topological polar surface area (TPSA) is 9.23 Å². The molecule has 17 heavy (non-hydrogen) atoms. The van der Waals surface area contributed by atoms with Crippen LogP contribution in [0.3, 0.4) is 0 Å². The second-order valence-electron chi connectivity index (χ2n) is 2.77. The summed E-state index contributed by atoms with van der Waals surface area (Å²) in [6, 6.07) is 0. The van der Waals surface area contributed by atoms with E-state index in [1.165, 1.54) is 0 Å². The molecule has 0 amide bonds. The molecule has 0 N–H and O–H groups in total. The Labute approximate surface area is 109 Å². The maximum absolute atomic E-state index is 5.33. The Balaban J connectivity index is -0.000000439. The van der Waals surface area contributed by atoms with Crippen LogP contribution >= 0.6 is 0 Å². The van der Waals surface area contributed by atoms with Gasteiger partial charge in [0.2, 0.25) is 0 Å². The first-order valence-corrected chi connectivity index (χ1v) is 6.52. The van der Waals surface area contributed by atoms with Crippen LogP contribution in [0, 0.1) is 0 Å². The molecule has 1 heteroatoms. The van der Waals surface area contributed by atoms with Crippen LogP contribution in [0.4, 0.5) is 0 Å². The van der Waals surface area contributed by atoms with E-state index in [-0.39, 0.29) is 0 Å². The highest BCUT2D eigenvalue weighted by atomic mass is 16.5. The first kappa shape index (κ1) is 21.1. The minimum atomic E-state index is 0.840. The molecule has 0 aliphatic heterocycles. The smallest absolute Gasteiger partial charge is 0.122 e. The maximum atomic E-state index is 5.33. The average molecular weight is 238 g/mol. The second kappa shape index (κ2) is 20.2. The summed E-state index contributed by atoms with van der Waals surface area (Å²) >= 11 is 0. The monoisotopic (exact) mass is 238 g/mol. The molecule has 0 aliphatic carbocycles. The highest BCUT2D eigenvalue weighted by Crippen LogP contribution is 2.02. The largest absolute Gasteiger partial charge is 0.466 e. The normalized spacial score (nSPS) is 10.4. The lowest BCUT2D eigenvalue weighted by atomic mass is 10.3.